The maximum atomic E-state index is 12.4. The molecule has 3 N–H and O–H groups in total. The molecule has 0 bridgehead atoms. The van der Waals surface area contributed by atoms with Gasteiger partial charge < -0.3 is 20.3 Å². The number of nitrogens with zero attached hydrogens (tertiary/aromatic N) is 3. The fourth-order valence-electron chi connectivity index (χ4n) is 2.47. The second kappa shape index (κ2) is 9.06. The highest BCUT2D eigenvalue weighted by atomic mass is 16.6. The molecule has 1 aromatic heterocycles. The molecule has 2 unspecified atom stereocenters. The van der Waals surface area contributed by atoms with Crippen LogP contribution in [0.1, 0.15) is 39.6 Å². The number of rotatable bonds is 8. The second-order valence-electron chi connectivity index (χ2n) is 5.81. The first-order chi connectivity index (χ1) is 13.3. The predicted octanol–water partition coefficient (Wildman–Crippen LogP) is 0.329. The van der Waals surface area contributed by atoms with Gasteiger partial charge in [-0.15, -0.1) is 0 Å². The number of carbonyl (C=O) groups excluding carboxylic acids is 2. The Balaban J connectivity index is 2.13. The Labute approximate surface area is 159 Å². The molecule has 0 fully saturated rings. The summed E-state index contributed by atoms with van der Waals surface area (Å²) in [7, 11) is 1.47. The number of hydrogen-bond donors (Lipinski definition) is 3. The molecule has 0 aliphatic rings. The maximum Gasteiger partial charge on any atom is 0.356 e. The Morgan fingerprint density at radius 3 is 2.54 bits per heavy atom. The summed E-state index contributed by atoms with van der Waals surface area (Å²) in [6.45, 7) is 1.22. The van der Waals surface area contributed by atoms with Crippen molar-refractivity contribution in [1.82, 2.24) is 15.1 Å². The number of esters is 1. The minimum Gasteiger partial charge on any atom is -0.461 e. The molecule has 0 spiro atoms. The van der Waals surface area contributed by atoms with Gasteiger partial charge >= 0.3 is 5.97 Å². The highest BCUT2D eigenvalue weighted by molar-refractivity contribution is 5.96. The number of benzene rings is 1. The molecule has 0 saturated heterocycles. The van der Waals surface area contributed by atoms with Crippen LogP contribution in [-0.4, -0.2) is 56.0 Å². The molecule has 2 atom stereocenters. The van der Waals surface area contributed by atoms with Crippen molar-refractivity contribution in [3.05, 3.63) is 57.4 Å². The highest BCUT2D eigenvalue weighted by Gasteiger charge is 2.25. The zero-order valence-corrected chi connectivity index (χ0v) is 15.2. The van der Waals surface area contributed by atoms with Crippen LogP contribution in [0.4, 0.5) is 5.69 Å². The first kappa shape index (κ1) is 21.0. The lowest BCUT2D eigenvalue weighted by Gasteiger charge is -2.22. The third-order valence-corrected chi connectivity index (χ3v) is 3.94. The smallest absolute Gasteiger partial charge is 0.356 e. The first-order valence-electron chi connectivity index (χ1n) is 8.33. The third kappa shape index (κ3) is 4.69. The number of aliphatic hydroxyl groups excluding tert-OH is 2. The molecule has 1 amide bonds. The summed E-state index contributed by atoms with van der Waals surface area (Å²) in [4.78, 5) is 34.3. The van der Waals surface area contributed by atoms with E-state index in [1.165, 1.54) is 42.1 Å². The Bertz CT molecular complexity index is 863. The van der Waals surface area contributed by atoms with Crippen LogP contribution in [0, 0.1) is 10.1 Å². The van der Waals surface area contributed by atoms with Crippen molar-refractivity contribution < 1.29 is 29.5 Å². The van der Waals surface area contributed by atoms with Crippen LogP contribution in [0.2, 0.25) is 0 Å². The van der Waals surface area contributed by atoms with Crippen LogP contribution >= 0.6 is 0 Å². The molecule has 150 valence electrons. The average Bonchev–Trinajstić information content (AvgIpc) is 3.07. The quantitative estimate of drug-likeness (QED) is 0.329. The van der Waals surface area contributed by atoms with E-state index >= 15 is 0 Å². The number of ether oxygens (including phenoxy) is 1. The monoisotopic (exact) mass is 392 g/mol. The molecular formula is C17H20N4O7. The SMILES string of the molecule is CCOC(=O)c1cc(C(=O)NC(CO)C(O)c2ccc([N+](=O)[O-])cc2)nn1C. The van der Waals surface area contributed by atoms with Crippen molar-refractivity contribution in [3.8, 4) is 0 Å². The summed E-state index contributed by atoms with van der Waals surface area (Å²) in [5.41, 5.74) is 0.0991. The van der Waals surface area contributed by atoms with E-state index in [1.54, 1.807) is 6.92 Å². The Morgan fingerprint density at radius 2 is 2.00 bits per heavy atom. The Kier molecular flexibility index (Phi) is 6.79. The maximum absolute atomic E-state index is 12.4. The molecular weight excluding hydrogens is 372 g/mol. The molecule has 11 nitrogen and oxygen atoms in total. The summed E-state index contributed by atoms with van der Waals surface area (Å²) in [6, 6.07) is 5.22. The fourth-order valence-corrected chi connectivity index (χ4v) is 2.47. The standard InChI is InChI=1S/C17H20N4O7/c1-3-28-17(25)14-8-12(19-20(14)2)16(24)18-13(9-22)15(23)10-4-6-11(7-5-10)21(26)27/h4-8,13,15,22-23H,3,9H2,1-2H3,(H,18,24). The van der Waals surface area contributed by atoms with Gasteiger partial charge in [-0.1, -0.05) is 0 Å². The normalized spacial score (nSPS) is 12.9. The van der Waals surface area contributed by atoms with E-state index in [9.17, 15) is 29.9 Å². The van der Waals surface area contributed by atoms with E-state index in [4.69, 9.17) is 4.74 Å². The largest absolute Gasteiger partial charge is 0.461 e. The molecule has 2 aromatic rings. The third-order valence-electron chi connectivity index (χ3n) is 3.94. The molecule has 1 heterocycles. The summed E-state index contributed by atoms with van der Waals surface area (Å²) in [5.74, 6) is -1.35. The van der Waals surface area contributed by atoms with E-state index in [1.807, 2.05) is 0 Å². The molecule has 0 radical (unpaired) electrons. The predicted molar refractivity (Wildman–Crippen MR) is 95.6 cm³/mol. The first-order valence-corrected chi connectivity index (χ1v) is 8.33. The molecule has 0 aliphatic carbocycles. The van der Waals surface area contributed by atoms with Gasteiger partial charge in [0.1, 0.15) is 11.8 Å². The van der Waals surface area contributed by atoms with Crippen LogP contribution in [0.3, 0.4) is 0 Å². The van der Waals surface area contributed by atoms with Crippen LogP contribution < -0.4 is 5.32 Å². The van der Waals surface area contributed by atoms with Crippen LogP contribution in [0.5, 0.6) is 0 Å². The van der Waals surface area contributed by atoms with Gasteiger partial charge in [-0.2, -0.15) is 5.10 Å². The van der Waals surface area contributed by atoms with Crippen molar-refractivity contribution >= 4 is 17.6 Å². The van der Waals surface area contributed by atoms with E-state index in [0.717, 1.165) is 0 Å². The highest BCUT2D eigenvalue weighted by Crippen LogP contribution is 2.20. The molecule has 0 saturated carbocycles. The van der Waals surface area contributed by atoms with Crippen molar-refractivity contribution in [2.75, 3.05) is 13.2 Å². The molecule has 1 aromatic carbocycles. The van der Waals surface area contributed by atoms with Gasteiger partial charge in [-0.3, -0.25) is 19.6 Å². The van der Waals surface area contributed by atoms with Gasteiger partial charge in [0.25, 0.3) is 11.6 Å². The van der Waals surface area contributed by atoms with Gasteiger partial charge in [0.15, 0.2) is 5.69 Å². The molecule has 0 aliphatic heterocycles. The van der Waals surface area contributed by atoms with Crippen molar-refractivity contribution in [2.45, 2.75) is 19.1 Å². The summed E-state index contributed by atoms with van der Waals surface area (Å²) < 4.78 is 6.06. The summed E-state index contributed by atoms with van der Waals surface area (Å²) in [5, 5.41) is 37.0. The second-order valence-corrected chi connectivity index (χ2v) is 5.81. The number of aryl methyl sites for hydroxylation is 1. The zero-order valence-electron chi connectivity index (χ0n) is 15.2. The van der Waals surface area contributed by atoms with E-state index in [-0.39, 0.29) is 29.2 Å². The lowest BCUT2D eigenvalue weighted by Crippen LogP contribution is -2.42. The van der Waals surface area contributed by atoms with Gasteiger partial charge in [0.05, 0.1) is 24.2 Å². The summed E-state index contributed by atoms with van der Waals surface area (Å²) >= 11 is 0. The van der Waals surface area contributed by atoms with Crippen LogP contribution in [0.25, 0.3) is 0 Å². The van der Waals surface area contributed by atoms with Gasteiger partial charge in [-0.05, 0) is 24.6 Å². The number of aliphatic hydroxyl groups is 2. The zero-order chi connectivity index (χ0) is 20.8. The van der Waals surface area contributed by atoms with E-state index in [0.29, 0.717) is 0 Å². The lowest BCUT2D eigenvalue weighted by atomic mass is 10.0. The Hall–Kier alpha value is -3.31. The number of amides is 1. The van der Waals surface area contributed by atoms with Crippen LogP contribution in [0.15, 0.2) is 30.3 Å². The van der Waals surface area contributed by atoms with Crippen molar-refractivity contribution in [2.24, 2.45) is 7.05 Å². The molecule has 11 heteroatoms. The van der Waals surface area contributed by atoms with E-state index in [2.05, 4.69) is 10.4 Å². The molecule has 28 heavy (non-hydrogen) atoms. The van der Waals surface area contributed by atoms with E-state index < -0.39 is 35.6 Å². The Morgan fingerprint density at radius 1 is 1.36 bits per heavy atom. The number of aromatic nitrogens is 2. The van der Waals surface area contributed by atoms with Crippen molar-refractivity contribution in [3.63, 3.8) is 0 Å². The number of non-ortho nitro benzene ring substituents is 1. The lowest BCUT2D eigenvalue weighted by molar-refractivity contribution is -0.384. The number of nitrogens with one attached hydrogen (secondary N) is 1. The van der Waals surface area contributed by atoms with Gasteiger partial charge in [-0.25, -0.2) is 4.79 Å². The topological polar surface area (TPSA) is 157 Å². The minimum atomic E-state index is -1.32. The van der Waals surface area contributed by atoms with Crippen LogP contribution in [-0.2, 0) is 11.8 Å². The minimum absolute atomic E-state index is 0.0727. The average molecular weight is 392 g/mol. The van der Waals surface area contributed by atoms with Crippen molar-refractivity contribution in [1.29, 1.82) is 0 Å². The number of nitro groups is 1. The number of nitro benzene ring substituents is 1. The number of hydrogen-bond acceptors (Lipinski definition) is 8. The summed E-state index contributed by atoms with van der Waals surface area (Å²) in [6.07, 6.45) is -1.32. The van der Waals surface area contributed by atoms with Gasteiger partial charge in [0.2, 0.25) is 0 Å². The molecule has 2 rings (SSSR count). The van der Waals surface area contributed by atoms with Gasteiger partial charge in [0, 0.05) is 25.2 Å². The fraction of sp³-hybridized carbons (Fsp3) is 0.353. The number of carbonyl (C=O) groups is 2.